The molecule has 660 valence electrons. The average molecular weight is 1570 g/mol. The summed E-state index contributed by atoms with van der Waals surface area (Å²) >= 11 is 0. The van der Waals surface area contributed by atoms with E-state index in [0.29, 0.717) is 29.1 Å². The Hall–Kier alpha value is -5.88. The molecule has 6 heteroatoms. The standard InChI is InChI=1S/C39H53N3.C38H57N3.14C2H6.2CH4/c1-7-30-16-11-13-20-36(30)40-22-28(5)39-29(6)23-42(38-32(9-3)18-15-19-33(38)10-4)27-35(39)26-41(25-34(39)24-40)37-21-14-12-17-31(37)8-2;1-7-26-39(36-24-15-13-20-32(36)9-3)28-18-29-40(37-25-16-14-21-33(37)10-4)30-19-31-41(27-8-2)38-34(11-5)22-17-23-35(38)12-6;14*1-2;;/h11-21,28-29,34-35H,7-10,22-27H2,1-6H3;13-17,20-25H,7-12,18-19,26-31H2,1-6H3;14*1-2H3;2*1H4/t28?,29-,34?,35+,39?;;;;;;;;;;;;;;;;;/m0................./s1. The normalized spacial score (nSPS) is 15.0. The van der Waals surface area contributed by atoms with Gasteiger partial charge in [0.1, 0.15) is 0 Å². The summed E-state index contributed by atoms with van der Waals surface area (Å²) in [7, 11) is 0. The molecule has 113 heavy (non-hydrogen) atoms. The molecule has 0 aromatic heterocycles. The molecule has 3 aliphatic heterocycles. The van der Waals surface area contributed by atoms with Crippen LogP contribution in [0, 0.1) is 29.1 Å². The van der Waals surface area contributed by atoms with Crippen molar-refractivity contribution in [1.82, 2.24) is 0 Å². The van der Waals surface area contributed by atoms with E-state index in [1.165, 1.54) is 125 Å². The lowest BCUT2D eigenvalue weighted by Crippen LogP contribution is -2.71. The molecular formula is C107H202N6. The van der Waals surface area contributed by atoms with Crippen molar-refractivity contribution >= 4 is 34.1 Å². The van der Waals surface area contributed by atoms with Gasteiger partial charge in [0.15, 0.2) is 0 Å². The third kappa shape index (κ3) is 38.8. The number of hydrogen-bond donors (Lipinski definition) is 0. The third-order valence-electron chi connectivity index (χ3n) is 20.0. The lowest BCUT2D eigenvalue weighted by Gasteiger charge is -2.66. The second-order valence-electron chi connectivity index (χ2n) is 24.8. The molecule has 3 aliphatic rings. The molecule has 3 heterocycles. The van der Waals surface area contributed by atoms with Crippen molar-refractivity contribution in [1.29, 1.82) is 0 Å². The molecule has 3 saturated heterocycles. The Morgan fingerprint density at radius 1 is 0.265 bits per heavy atom. The van der Waals surface area contributed by atoms with E-state index in [9.17, 15) is 0 Å². The van der Waals surface area contributed by atoms with Crippen molar-refractivity contribution < 1.29 is 0 Å². The van der Waals surface area contributed by atoms with Gasteiger partial charge in [0.05, 0.1) is 0 Å². The number of hydrogen-bond acceptors (Lipinski definition) is 6. The van der Waals surface area contributed by atoms with Crippen molar-refractivity contribution in [3.63, 3.8) is 0 Å². The van der Waals surface area contributed by atoms with Crippen LogP contribution in [0.5, 0.6) is 0 Å². The van der Waals surface area contributed by atoms with E-state index in [2.05, 4.69) is 246 Å². The minimum absolute atomic E-state index is 0. The number of para-hydroxylation sites is 6. The quantitative estimate of drug-likeness (QED) is 0.0535. The molecule has 3 unspecified atom stereocenters. The second kappa shape index (κ2) is 84.0. The van der Waals surface area contributed by atoms with E-state index in [4.69, 9.17) is 0 Å². The van der Waals surface area contributed by atoms with Gasteiger partial charge >= 0.3 is 0 Å². The number of piperidine rings is 3. The minimum Gasteiger partial charge on any atom is -0.371 e. The van der Waals surface area contributed by atoms with Gasteiger partial charge in [-0.3, -0.25) is 0 Å². The first-order chi connectivity index (χ1) is 54.6. The Kier molecular flexibility index (Phi) is 93.2. The molecule has 3 fully saturated rings. The van der Waals surface area contributed by atoms with Crippen LogP contribution in [0.15, 0.2) is 133 Å². The molecule has 1 spiro atoms. The second-order valence-corrected chi connectivity index (χ2v) is 24.8. The van der Waals surface area contributed by atoms with Crippen molar-refractivity contribution in [2.24, 2.45) is 29.1 Å². The predicted octanol–water partition coefficient (Wildman–Crippen LogP) is 33.3. The van der Waals surface area contributed by atoms with E-state index in [-0.39, 0.29) is 14.9 Å². The van der Waals surface area contributed by atoms with Gasteiger partial charge in [0.25, 0.3) is 0 Å². The van der Waals surface area contributed by atoms with E-state index in [0.717, 1.165) is 103 Å². The van der Waals surface area contributed by atoms with Crippen LogP contribution in [0.4, 0.5) is 34.1 Å². The monoisotopic (exact) mass is 1570 g/mol. The fraction of sp³-hybridized carbons (Fsp3) is 0.664. The molecule has 0 radical (unpaired) electrons. The Morgan fingerprint density at radius 2 is 0.504 bits per heavy atom. The number of anilines is 6. The molecule has 6 aromatic carbocycles. The summed E-state index contributed by atoms with van der Waals surface area (Å²) in [5, 5.41) is 0. The highest BCUT2D eigenvalue weighted by Gasteiger charge is 2.60. The third-order valence-corrected chi connectivity index (χ3v) is 20.0. The lowest BCUT2D eigenvalue weighted by atomic mass is 9.49. The van der Waals surface area contributed by atoms with Crippen LogP contribution in [0.25, 0.3) is 0 Å². The Balaban J connectivity index is -0.000000206. The van der Waals surface area contributed by atoms with E-state index in [1.54, 1.807) is 5.69 Å². The highest BCUT2D eigenvalue weighted by molar-refractivity contribution is 5.63. The number of benzene rings is 6. The summed E-state index contributed by atoms with van der Waals surface area (Å²) < 4.78 is 0. The van der Waals surface area contributed by atoms with Gasteiger partial charge in [-0.25, -0.2) is 0 Å². The zero-order valence-corrected chi connectivity index (χ0v) is 82.2. The first-order valence-corrected chi connectivity index (χ1v) is 47.6. The van der Waals surface area contributed by atoms with Crippen molar-refractivity contribution in [3.05, 3.63) is 178 Å². The Bertz CT molecular complexity index is 2880. The van der Waals surface area contributed by atoms with Crippen LogP contribution < -0.4 is 29.4 Å². The number of aryl methyl sites for hydroxylation is 8. The van der Waals surface area contributed by atoms with Crippen LogP contribution in [0.1, 0.15) is 362 Å². The predicted molar refractivity (Wildman–Crippen MR) is 537 cm³/mol. The molecule has 0 bridgehead atoms. The van der Waals surface area contributed by atoms with Crippen LogP contribution in [0.2, 0.25) is 0 Å². The fourth-order valence-electron chi connectivity index (χ4n) is 16.2. The zero-order chi connectivity index (χ0) is 86.9. The molecule has 0 N–H and O–H groups in total. The van der Waals surface area contributed by atoms with Gasteiger partial charge in [-0.1, -0.05) is 401 Å². The van der Waals surface area contributed by atoms with E-state index < -0.39 is 0 Å². The zero-order valence-electron chi connectivity index (χ0n) is 82.2. The topological polar surface area (TPSA) is 19.4 Å². The molecule has 6 nitrogen and oxygen atoms in total. The van der Waals surface area contributed by atoms with Gasteiger partial charge in [0, 0.05) is 124 Å². The highest BCUT2D eigenvalue weighted by Crippen LogP contribution is 2.59. The van der Waals surface area contributed by atoms with Gasteiger partial charge in [-0.2, -0.15) is 0 Å². The van der Waals surface area contributed by atoms with E-state index in [1.807, 2.05) is 194 Å². The molecule has 0 saturated carbocycles. The largest absolute Gasteiger partial charge is 0.371 e. The summed E-state index contributed by atoms with van der Waals surface area (Å²) in [6.07, 6.45) is 13.4. The maximum absolute atomic E-state index is 2.83. The van der Waals surface area contributed by atoms with Crippen molar-refractivity contribution in [2.45, 2.75) is 369 Å². The summed E-state index contributed by atoms with van der Waals surface area (Å²) in [5.41, 5.74) is 21.2. The molecule has 5 atom stereocenters. The smallest absolute Gasteiger partial charge is 0.0431 e. The molecular weight excluding hydrogens is 1370 g/mol. The lowest BCUT2D eigenvalue weighted by molar-refractivity contribution is -0.0772. The highest BCUT2D eigenvalue weighted by atomic mass is 15.2. The van der Waals surface area contributed by atoms with Gasteiger partial charge in [-0.05, 0) is 163 Å². The SMILES string of the molecule is C.C.CC.CC.CC.CC.CC.CC.CC.CC.CC.CC.CC.CC.CC.CC.CCCN(CCCN(CCCN(CCC)c1c(CC)cccc1CC)c1ccccc1CC)c1ccccc1CC.CCc1ccccc1N1CC(C)C23C(C1)CN(c1ccccc1CC)C[C@@H]2CN(c1c(CC)cccc1CC)C[C@@H]3C. The molecule has 6 aromatic rings. The van der Waals surface area contributed by atoms with Crippen LogP contribution in [-0.2, 0) is 51.4 Å². The number of nitrogens with zero attached hydrogens (tertiary/aromatic N) is 6. The summed E-state index contributed by atoms with van der Waals surface area (Å²) in [5.74, 6) is 2.58. The average Bonchev–Trinajstić information content (AvgIpc) is 0.706. The van der Waals surface area contributed by atoms with Crippen LogP contribution in [0.3, 0.4) is 0 Å². The molecule has 0 aliphatic carbocycles. The van der Waals surface area contributed by atoms with E-state index >= 15 is 0 Å². The Labute approximate surface area is 713 Å². The summed E-state index contributed by atoms with van der Waals surface area (Å²) in [6.45, 7) is 97.9. The Morgan fingerprint density at radius 3 is 0.823 bits per heavy atom. The first kappa shape index (κ1) is 125. The molecule has 9 rings (SSSR count). The van der Waals surface area contributed by atoms with Gasteiger partial charge in [0.2, 0.25) is 0 Å². The van der Waals surface area contributed by atoms with Gasteiger partial charge in [-0.15, -0.1) is 0 Å². The summed E-state index contributed by atoms with van der Waals surface area (Å²) in [4.78, 5) is 16.4. The minimum atomic E-state index is 0. The number of rotatable bonds is 26. The summed E-state index contributed by atoms with van der Waals surface area (Å²) in [6, 6.07) is 50.4. The molecule has 0 amide bonds. The van der Waals surface area contributed by atoms with Crippen molar-refractivity contribution in [2.75, 3.05) is 108 Å². The van der Waals surface area contributed by atoms with Crippen LogP contribution >= 0.6 is 0 Å². The maximum atomic E-state index is 2.83. The fourth-order valence-corrected chi connectivity index (χ4v) is 16.2. The van der Waals surface area contributed by atoms with Gasteiger partial charge < -0.3 is 29.4 Å². The van der Waals surface area contributed by atoms with Crippen LogP contribution in [-0.4, -0.2) is 78.5 Å². The first-order valence-electron chi connectivity index (χ1n) is 47.6. The van der Waals surface area contributed by atoms with Crippen molar-refractivity contribution in [3.8, 4) is 0 Å². The maximum Gasteiger partial charge on any atom is 0.0431 e.